The van der Waals surface area contributed by atoms with E-state index in [2.05, 4.69) is 4.84 Å². The maximum atomic E-state index is 11.8. The molecule has 0 bridgehead atoms. The van der Waals surface area contributed by atoms with E-state index in [9.17, 15) is 18.0 Å². The van der Waals surface area contributed by atoms with Gasteiger partial charge in [0.2, 0.25) is 0 Å². The molecule has 0 atom stereocenters. The third-order valence-corrected chi connectivity index (χ3v) is 3.35. The fourth-order valence-corrected chi connectivity index (χ4v) is 2.22. The van der Waals surface area contributed by atoms with Gasteiger partial charge >= 0.3 is 6.18 Å². The van der Waals surface area contributed by atoms with E-state index >= 15 is 0 Å². The minimum atomic E-state index is -4.45. The van der Waals surface area contributed by atoms with Crippen LogP contribution in [0.15, 0.2) is 6.07 Å². The van der Waals surface area contributed by atoms with Crippen molar-refractivity contribution in [2.24, 2.45) is 0 Å². The summed E-state index contributed by atoms with van der Waals surface area (Å²) in [7, 11) is 0. The molecule has 0 saturated carbocycles. The molecule has 1 heterocycles. The number of halogens is 3. The molecule has 0 aliphatic rings. The van der Waals surface area contributed by atoms with Crippen LogP contribution in [0.25, 0.3) is 0 Å². The molecule has 96 valence electrons. The van der Waals surface area contributed by atoms with Gasteiger partial charge < -0.3 is 0 Å². The highest BCUT2D eigenvalue weighted by Crippen LogP contribution is 2.22. The first-order valence-electron chi connectivity index (χ1n) is 4.91. The Labute approximate surface area is 101 Å². The Bertz CT molecular complexity index is 401. The first-order valence-corrected chi connectivity index (χ1v) is 5.73. The van der Waals surface area contributed by atoms with Crippen molar-refractivity contribution < 1.29 is 22.8 Å². The molecule has 0 unspecified atom stereocenters. The predicted molar refractivity (Wildman–Crippen MR) is 57.9 cm³/mol. The third-order valence-electron chi connectivity index (χ3n) is 1.97. The second-order valence-corrected chi connectivity index (χ2v) is 4.54. The topological polar surface area (TPSA) is 38.3 Å². The molecule has 0 radical (unpaired) electrons. The van der Waals surface area contributed by atoms with Gasteiger partial charge in [-0.3, -0.25) is 9.63 Å². The zero-order valence-corrected chi connectivity index (χ0v) is 10.2. The highest BCUT2D eigenvalue weighted by atomic mass is 32.1. The summed E-state index contributed by atoms with van der Waals surface area (Å²) in [5.74, 6) is -0.651. The number of aryl methyl sites for hydroxylation is 2. The van der Waals surface area contributed by atoms with Crippen LogP contribution in [0, 0.1) is 6.92 Å². The summed E-state index contributed by atoms with van der Waals surface area (Å²) < 4.78 is 35.3. The van der Waals surface area contributed by atoms with Gasteiger partial charge in [-0.2, -0.15) is 13.2 Å². The van der Waals surface area contributed by atoms with Crippen molar-refractivity contribution in [1.82, 2.24) is 5.48 Å². The lowest BCUT2D eigenvalue weighted by atomic mass is 10.2. The standard InChI is InChI=1S/C10H12F3NO2S/c1-3-7-6(2)4-8(17-7)9(15)14-16-5-10(11,12)13/h4H,3,5H2,1-2H3,(H,14,15). The first-order chi connectivity index (χ1) is 7.83. The lowest BCUT2D eigenvalue weighted by molar-refractivity contribution is -0.184. The van der Waals surface area contributed by atoms with Crippen LogP contribution in [-0.4, -0.2) is 18.7 Å². The Balaban J connectivity index is 2.52. The summed E-state index contributed by atoms with van der Waals surface area (Å²) in [4.78, 5) is 16.9. The van der Waals surface area contributed by atoms with E-state index in [0.717, 1.165) is 16.9 Å². The molecule has 0 fully saturated rings. The van der Waals surface area contributed by atoms with Crippen molar-refractivity contribution in [3.8, 4) is 0 Å². The van der Waals surface area contributed by atoms with Crippen LogP contribution in [0.5, 0.6) is 0 Å². The lowest BCUT2D eigenvalue weighted by Gasteiger charge is -2.07. The highest BCUT2D eigenvalue weighted by molar-refractivity contribution is 7.14. The Morgan fingerprint density at radius 2 is 2.18 bits per heavy atom. The second kappa shape index (κ2) is 5.50. The fourth-order valence-electron chi connectivity index (χ4n) is 1.22. The summed E-state index contributed by atoms with van der Waals surface area (Å²) in [5, 5.41) is 0. The number of hydroxylamine groups is 1. The van der Waals surface area contributed by atoms with Crippen molar-refractivity contribution in [2.45, 2.75) is 26.4 Å². The minimum Gasteiger partial charge on any atom is -0.266 e. The molecule has 1 aromatic rings. The molecule has 17 heavy (non-hydrogen) atoms. The molecular formula is C10H12F3NO2S. The number of hydrogen-bond acceptors (Lipinski definition) is 3. The number of alkyl halides is 3. The van der Waals surface area contributed by atoms with Crippen LogP contribution in [0.3, 0.4) is 0 Å². The van der Waals surface area contributed by atoms with Gasteiger partial charge in [-0.15, -0.1) is 11.3 Å². The maximum Gasteiger partial charge on any atom is 0.414 e. The van der Waals surface area contributed by atoms with Crippen molar-refractivity contribution in [3.05, 3.63) is 21.4 Å². The molecule has 0 spiro atoms. The van der Waals surface area contributed by atoms with Crippen LogP contribution >= 0.6 is 11.3 Å². The molecule has 3 nitrogen and oxygen atoms in total. The second-order valence-electron chi connectivity index (χ2n) is 3.41. The van der Waals surface area contributed by atoms with Gasteiger partial charge in [-0.1, -0.05) is 6.92 Å². The monoisotopic (exact) mass is 267 g/mol. The predicted octanol–water partition coefficient (Wildman–Crippen LogP) is 2.84. The Hall–Kier alpha value is -1.08. The largest absolute Gasteiger partial charge is 0.414 e. The van der Waals surface area contributed by atoms with E-state index in [0.29, 0.717) is 4.88 Å². The van der Waals surface area contributed by atoms with E-state index in [1.165, 1.54) is 11.3 Å². The van der Waals surface area contributed by atoms with E-state index in [4.69, 9.17) is 0 Å². The smallest absolute Gasteiger partial charge is 0.266 e. The molecule has 0 saturated heterocycles. The summed E-state index contributed by atoms with van der Waals surface area (Å²) in [6.07, 6.45) is -3.67. The first kappa shape index (κ1) is 14.0. The van der Waals surface area contributed by atoms with Crippen LogP contribution in [-0.2, 0) is 11.3 Å². The molecule has 0 aliphatic carbocycles. The number of carbonyl (C=O) groups excluding carboxylic acids is 1. The molecule has 1 rings (SSSR count). The number of thiophene rings is 1. The summed E-state index contributed by atoms with van der Waals surface area (Å²) in [6, 6.07) is 1.63. The van der Waals surface area contributed by atoms with Crippen LogP contribution in [0.4, 0.5) is 13.2 Å². The Morgan fingerprint density at radius 3 is 2.65 bits per heavy atom. The molecule has 0 aliphatic heterocycles. The van der Waals surface area contributed by atoms with Crippen molar-refractivity contribution in [2.75, 3.05) is 6.61 Å². The fraction of sp³-hybridized carbons (Fsp3) is 0.500. The van der Waals surface area contributed by atoms with Crippen molar-refractivity contribution >= 4 is 17.2 Å². The normalized spacial score (nSPS) is 11.6. The summed E-state index contributed by atoms with van der Waals surface area (Å²) in [5.41, 5.74) is 2.73. The quantitative estimate of drug-likeness (QED) is 0.852. The number of amides is 1. The maximum absolute atomic E-state index is 11.8. The summed E-state index contributed by atoms with van der Waals surface area (Å²) >= 11 is 1.25. The lowest BCUT2D eigenvalue weighted by Crippen LogP contribution is -2.29. The molecule has 7 heteroatoms. The van der Waals surface area contributed by atoms with Crippen molar-refractivity contribution in [3.63, 3.8) is 0 Å². The third kappa shape index (κ3) is 4.35. The van der Waals surface area contributed by atoms with E-state index in [-0.39, 0.29) is 0 Å². The molecule has 1 N–H and O–H groups in total. The van der Waals surface area contributed by atoms with Crippen molar-refractivity contribution in [1.29, 1.82) is 0 Å². The van der Waals surface area contributed by atoms with Crippen LogP contribution in [0.1, 0.15) is 27.0 Å². The zero-order chi connectivity index (χ0) is 13.1. The van der Waals surface area contributed by atoms with Gasteiger partial charge in [0.1, 0.15) is 0 Å². The van der Waals surface area contributed by atoms with Gasteiger partial charge in [0, 0.05) is 4.88 Å². The Kier molecular flexibility index (Phi) is 4.53. The van der Waals surface area contributed by atoms with Gasteiger partial charge in [-0.25, -0.2) is 5.48 Å². The molecule has 1 aromatic heterocycles. The van der Waals surface area contributed by atoms with Gasteiger partial charge in [0.25, 0.3) is 5.91 Å². The summed E-state index contributed by atoms with van der Waals surface area (Å²) in [6.45, 7) is 2.30. The van der Waals surface area contributed by atoms with E-state index in [1.807, 2.05) is 13.8 Å². The average Bonchev–Trinajstić information content (AvgIpc) is 2.57. The SMILES string of the molecule is CCc1sc(C(=O)NOCC(F)(F)F)cc1C. The Morgan fingerprint density at radius 1 is 1.53 bits per heavy atom. The highest BCUT2D eigenvalue weighted by Gasteiger charge is 2.28. The molecule has 1 amide bonds. The number of rotatable bonds is 4. The number of hydrogen-bond donors (Lipinski definition) is 1. The number of carbonyl (C=O) groups is 1. The zero-order valence-electron chi connectivity index (χ0n) is 9.35. The molecular weight excluding hydrogens is 255 g/mol. The number of nitrogens with one attached hydrogen (secondary N) is 1. The van der Waals surface area contributed by atoms with E-state index in [1.54, 1.807) is 11.5 Å². The minimum absolute atomic E-state index is 0.349. The van der Waals surface area contributed by atoms with Gasteiger partial charge in [0.05, 0.1) is 4.88 Å². The average molecular weight is 267 g/mol. The molecule has 0 aromatic carbocycles. The van der Waals surface area contributed by atoms with Gasteiger partial charge in [0.15, 0.2) is 6.61 Å². The van der Waals surface area contributed by atoms with Crippen LogP contribution < -0.4 is 5.48 Å². The van der Waals surface area contributed by atoms with E-state index < -0.39 is 18.7 Å². The van der Waals surface area contributed by atoms with Gasteiger partial charge in [-0.05, 0) is 25.0 Å². The van der Waals surface area contributed by atoms with Crippen LogP contribution in [0.2, 0.25) is 0 Å².